The topological polar surface area (TPSA) is 83.5 Å². The van der Waals surface area contributed by atoms with Crippen LogP contribution in [0.15, 0.2) is 28.7 Å². The van der Waals surface area contributed by atoms with Gasteiger partial charge in [0.2, 0.25) is 5.55 Å². The number of hydrogen-bond acceptors (Lipinski definition) is 5. The highest BCUT2D eigenvalue weighted by Gasteiger charge is 2.13. The summed E-state index contributed by atoms with van der Waals surface area (Å²) in [6.07, 6.45) is 0. The number of para-hydroxylation sites is 1. The summed E-state index contributed by atoms with van der Waals surface area (Å²) in [5.41, 5.74) is -0.0899. The number of rotatable bonds is 2. The van der Waals surface area contributed by atoms with E-state index in [1.165, 1.54) is 12.1 Å². The molecule has 1 aromatic carbocycles. The van der Waals surface area contributed by atoms with Crippen LogP contribution in [0.3, 0.4) is 0 Å². The zero-order chi connectivity index (χ0) is 12.4. The van der Waals surface area contributed by atoms with Crippen LogP contribution in [-0.4, -0.2) is 17.7 Å². The van der Waals surface area contributed by atoms with Crippen molar-refractivity contribution in [2.45, 2.75) is 6.92 Å². The molecular formula is C12H11NO4. The summed E-state index contributed by atoms with van der Waals surface area (Å²) in [5.74, 6) is -0.669. The Labute approximate surface area is 96.8 Å². The lowest BCUT2D eigenvalue weighted by molar-refractivity contribution is 0.0520. The minimum atomic E-state index is -0.605. The molecule has 1 aromatic heterocycles. The van der Waals surface area contributed by atoms with E-state index in [4.69, 9.17) is 14.6 Å². The van der Waals surface area contributed by atoms with Crippen LogP contribution in [0.5, 0.6) is 5.75 Å². The highest BCUT2D eigenvalue weighted by Crippen LogP contribution is 2.23. The van der Waals surface area contributed by atoms with Crippen LogP contribution in [0.4, 0.5) is 0 Å². The Morgan fingerprint density at radius 2 is 2.29 bits per heavy atom. The number of ether oxygens (including phenoxy) is 1. The highest BCUT2D eigenvalue weighted by molar-refractivity contribution is 5.93. The predicted molar refractivity (Wildman–Crippen MR) is 59.7 cm³/mol. The van der Waals surface area contributed by atoms with Gasteiger partial charge < -0.3 is 14.3 Å². The Hall–Kier alpha value is -2.30. The normalized spacial score (nSPS) is 10.4. The fourth-order valence-corrected chi connectivity index (χ4v) is 1.51. The van der Waals surface area contributed by atoms with Crippen LogP contribution in [0.2, 0.25) is 0 Å². The average Bonchev–Trinajstić information content (AvgIpc) is 2.30. The Morgan fingerprint density at radius 1 is 1.53 bits per heavy atom. The molecule has 88 valence electrons. The van der Waals surface area contributed by atoms with Crippen molar-refractivity contribution in [1.29, 1.82) is 5.41 Å². The lowest BCUT2D eigenvalue weighted by Crippen LogP contribution is -2.16. The number of benzene rings is 1. The van der Waals surface area contributed by atoms with Crippen molar-refractivity contribution < 1.29 is 19.1 Å². The van der Waals surface area contributed by atoms with E-state index in [1.807, 2.05) is 0 Å². The average molecular weight is 233 g/mol. The molecule has 0 aliphatic rings. The van der Waals surface area contributed by atoms with E-state index in [2.05, 4.69) is 0 Å². The van der Waals surface area contributed by atoms with Crippen molar-refractivity contribution in [1.82, 2.24) is 0 Å². The molecule has 0 fully saturated rings. The molecule has 0 unspecified atom stereocenters. The lowest BCUT2D eigenvalue weighted by atomic mass is 10.2. The molecule has 0 atom stereocenters. The number of carbonyl (C=O) groups excluding carboxylic acids is 1. The van der Waals surface area contributed by atoms with Crippen LogP contribution >= 0.6 is 0 Å². The first kappa shape index (κ1) is 11.2. The maximum absolute atomic E-state index is 11.5. The predicted octanol–water partition coefficient (Wildman–Crippen LogP) is 1.79. The number of nitrogens with one attached hydrogen (secondary N) is 1. The number of esters is 1. The summed E-state index contributed by atoms with van der Waals surface area (Å²) in [5, 5.41) is 17.7. The van der Waals surface area contributed by atoms with Crippen molar-refractivity contribution in [3.8, 4) is 5.75 Å². The monoisotopic (exact) mass is 233 g/mol. The van der Waals surface area contributed by atoms with Gasteiger partial charge in [0.25, 0.3) is 0 Å². The Kier molecular flexibility index (Phi) is 2.82. The van der Waals surface area contributed by atoms with E-state index in [0.717, 1.165) is 0 Å². The van der Waals surface area contributed by atoms with Crippen molar-refractivity contribution >= 4 is 16.9 Å². The van der Waals surface area contributed by atoms with Crippen molar-refractivity contribution in [2.24, 2.45) is 0 Å². The quantitative estimate of drug-likeness (QED) is 0.774. The third kappa shape index (κ3) is 1.99. The van der Waals surface area contributed by atoms with Gasteiger partial charge in [0, 0.05) is 5.39 Å². The van der Waals surface area contributed by atoms with Gasteiger partial charge in [-0.3, -0.25) is 5.41 Å². The van der Waals surface area contributed by atoms with Gasteiger partial charge in [0.15, 0.2) is 11.3 Å². The molecule has 5 heteroatoms. The van der Waals surface area contributed by atoms with E-state index in [1.54, 1.807) is 19.1 Å². The van der Waals surface area contributed by atoms with Gasteiger partial charge in [-0.15, -0.1) is 0 Å². The second-order valence-electron chi connectivity index (χ2n) is 3.41. The maximum Gasteiger partial charge on any atom is 0.343 e. The van der Waals surface area contributed by atoms with Gasteiger partial charge in [0.1, 0.15) is 5.56 Å². The van der Waals surface area contributed by atoms with Gasteiger partial charge in [-0.05, 0) is 19.1 Å². The van der Waals surface area contributed by atoms with E-state index in [0.29, 0.717) is 5.39 Å². The molecule has 2 aromatic rings. The molecule has 0 spiro atoms. The standard InChI is InChI=1S/C12H11NO4/c1-2-16-12(15)8-6-7-4-3-5-9(14)10(7)17-11(8)13/h3-6,13-14H,2H2,1H3. The minimum Gasteiger partial charge on any atom is -0.504 e. The summed E-state index contributed by atoms with van der Waals surface area (Å²) < 4.78 is 9.91. The number of aromatic hydroxyl groups is 1. The van der Waals surface area contributed by atoms with Crippen molar-refractivity contribution in [2.75, 3.05) is 6.61 Å². The van der Waals surface area contributed by atoms with E-state index < -0.39 is 5.97 Å². The number of carbonyl (C=O) groups is 1. The third-order valence-corrected chi connectivity index (χ3v) is 2.27. The Bertz CT molecular complexity index is 630. The third-order valence-electron chi connectivity index (χ3n) is 2.27. The zero-order valence-electron chi connectivity index (χ0n) is 9.19. The number of fused-ring (bicyclic) bond motifs is 1. The minimum absolute atomic E-state index is 0.0462. The molecule has 0 saturated heterocycles. The molecule has 17 heavy (non-hydrogen) atoms. The maximum atomic E-state index is 11.5. The molecule has 0 saturated carbocycles. The smallest absolute Gasteiger partial charge is 0.343 e. The van der Waals surface area contributed by atoms with E-state index >= 15 is 0 Å². The molecule has 0 aliphatic carbocycles. The van der Waals surface area contributed by atoms with Gasteiger partial charge in [0.05, 0.1) is 6.61 Å². The first-order valence-corrected chi connectivity index (χ1v) is 5.11. The molecule has 2 N–H and O–H groups in total. The van der Waals surface area contributed by atoms with Crippen LogP contribution in [0, 0.1) is 5.41 Å². The second kappa shape index (κ2) is 4.29. The van der Waals surface area contributed by atoms with Crippen LogP contribution in [0.1, 0.15) is 17.3 Å². The fraction of sp³-hybridized carbons (Fsp3) is 0.167. The molecule has 0 amide bonds. The Balaban J connectivity index is 2.64. The molecular weight excluding hydrogens is 222 g/mol. The summed E-state index contributed by atoms with van der Waals surface area (Å²) in [6.45, 7) is 1.92. The molecule has 0 radical (unpaired) electrons. The summed E-state index contributed by atoms with van der Waals surface area (Å²) in [7, 11) is 0. The lowest BCUT2D eigenvalue weighted by Gasteiger charge is -2.04. The number of phenolic OH excluding ortho intramolecular Hbond substituents is 1. The van der Waals surface area contributed by atoms with Gasteiger partial charge in [-0.1, -0.05) is 12.1 Å². The zero-order valence-corrected chi connectivity index (χ0v) is 9.19. The van der Waals surface area contributed by atoms with E-state index in [-0.39, 0.29) is 29.1 Å². The molecule has 0 aliphatic heterocycles. The van der Waals surface area contributed by atoms with E-state index in [9.17, 15) is 9.90 Å². The van der Waals surface area contributed by atoms with Gasteiger partial charge in [-0.25, -0.2) is 4.79 Å². The summed E-state index contributed by atoms with van der Waals surface area (Å²) in [4.78, 5) is 11.5. The van der Waals surface area contributed by atoms with Crippen molar-refractivity contribution in [3.63, 3.8) is 0 Å². The Morgan fingerprint density at radius 3 is 3.00 bits per heavy atom. The molecule has 1 heterocycles. The second-order valence-corrected chi connectivity index (χ2v) is 3.41. The summed E-state index contributed by atoms with van der Waals surface area (Å²) in [6, 6.07) is 6.24. The highest BCUT2D eigenvalue weighted by atomic mass is 16.5. The van der Waals surface area contributed by atoms with Crippen LogP contribution in [0.25, 0.3) is 11.0 Å². The number of hydrogen-bond donors (Lipinski definition) is 2. The van der Waals surface area contributed by atoms with Gasteiger partial charge in [-0.2, -0.15) is 0 Å². The largest absolute Gasteiger partial charge is 0.504 e. The molecule has 0 bridgehead atoms. The molecule has 2 rings (SSSR count). The van der Waals surface area contributed by atoms with Crippen LogP contribution < -0.4 is 5.55 Å². The first-order chi connectivity index (χ1) is 8.13. The van der Waals surface area contributed by atoms with Gasteiger partial charge >= 0.3 is 5.97 Å². The first-order valence-electron chi connectivity index (χ1n) is 5.11. The fourth-order valence-electron chi connectivity index (χ4n) is 1.51. The van der Waals surface area contributed by atoms with Crippen molar-refractivity contribution in [3.05, 3.63) is 35.4 Å². The SMILES string of the molecule is CCOC(=O)c1cc2cccc(O)c2oc1=N. The van der Waals surface area contributed by atoms with Crippen LogP contribution in [-0.2, 0) is 4.74 Å². The molecule has 5 nitrogen and oxygen atoms in total. The number of phenols is 1. The summed E-state index contributed by atoms with van der Waals surface area (Å²) >= 11 is 0.